The van der Waals surface area contributed by atoms with Crippen molar-refractivity contribution in [3.63, 3.8) is 0 Å². The topological polar surface area (TPSA) is 112 Å². The lowest BCUT2D eigenvalue weighted by atomic mass is 10.00. The molecule has 0 amide bonds. The smallest absolute Gasteiger partial charge is 0.330 e. The standard InChI is InChI=1S/C34H32Cl2F2N6O4/c1-43-26-16-25(30(37)38)41-31(27(26)33(45)44(2)34(43)46)40-24-9-5-7-21(29(24)36)20-6-4-8-22(28(20)35)23-11-10-18(32(42-23)47-3)17-39-19-12-14-48-15-13-19/h4-11,16,19,30,39H,12-15,17H2,1-3H3,(H,40,41). The summed E-state index contributed by atoms with van der Waals surface area (Å²) < 4.78 is 40.8. The van der Waals surface area contributed by atoms with Crippen LogP contribution in [0.4, 0.5) is 20.3 Å². The molecule has 1 aliphatic rings. The van der Waals surface area contributed by atoms with Gasteiger partial charge in [-0.15, -0.1) is 0 Å². The lowest BCUT2D eigenvalue weighted by molar-refractivity contribution is 0.0775. The second-order valence-corrected chi connectivity index (χ2v) is 12.1. The van der Waals surface area contributed by atoms with Gasteiger partial charge in [0.25, 0.3) is 12.0 Å². The highest BCUT2D eigenvalue weighted by atomic mass is 35.5. The van der Waals surface area contributed by atoms with Crippen LogP contribution in [0.1, 0.15) is 30.5 Å². The van der Waals surface area contributed by atoms with E-state index in [1.807, 2.05) is 24.3 Å². The van der Waals surface area contributed by atoms with Crippen LogP contribution in [0.3, 0.4) is 0 Å². The van der Waals surface area contributed by atoms with Crippen LogP contribution in [0, 0.1) is 0 Å². The molecule has 0 spiro atoms. The second kappa shape index (κ2) is 14.0. The van der Waals surface area contributed by atoms with Crippen molar-refractivity contribution < 1.29 is 18.3 Å². The Morgan fingerprint density at radius 3 is 2.35 bits per heavy atom. The minimum absolute atomic E-state index is 0.00670. The van der Waals surface area contributed by atoms with Crippen LogP contribution >= 0.6 is 23.2 Å². The molecule has 2 aromatic carbocycles. The van der Waals surface area contributed by atoms with Gasteiger partial charge in [0.05, 0.1) is 34.1 Å². The second-order valence-electron chi connectivity index (χ2n) is 11.4. The third kappa shape index (κ3) is 6.40. The van der Waals surface area contributed by atoms with Gasteiger partial charge < -0.3 is 20.1 Å². The SMILES string of the molecule is COc1nc(-c2cccc(-c3cccc(Nc4nc(C(F)F)cc5c4c(=O)n(C)c(=O)n5C)c3Cl)c2Cl)ccc1CNC1CCOCC1. The highest BCUT2D eigenvalue weighted by molar-refractivity contribution is 6.39. The zero-order valence-corrected chi connectivity index (χ0v) is 27.8. The fraction of sp³-hybridized carbons (Fsp3) is 0.294. The zero-order chi connectivity index (χ0) is 34.1. The van der Waals surface area contributed by atoms with Crippen LogP contribution < -0.4 is 26.6 Å². The van der Waals surface area contributed by atoms with Gasteiger partial charge in [0.2, 0.25) is 5.88 Å². The molecule has 0 atom stereocenters. The first-order valence-corrected chi connectivity index (χ1v) is 15.9. The summed E-state index contributed by atoms with van der Waals surface area (Å²) in [5, 5.41) is 7.06. The maximum atomic E-state index is 13.9. The fourth-order valence-corrected chi connectivity index (χ4v) is 6.40. The van der Waals surface area contributed by atoms with E-state index in [0.29, 0.717) is 45.9 Å². The number of aromatic nitrogens is 4. The number of hydrogen-bond acceptors (Lipinski definition) is 8. The van der Waals surface area contributed by atoms with Crippen LogP contribution in [0.15, 0.2) is 64.2 Å². The third-order valence-corrected chi connectivity index (χ3v) is 9.26. The molecular weight excluding hydrogens is 665 g/mol. The highest BCUT2D eigenvalue weighted by Gasteiger charge is 2.22. The summed E-state index contributed by atoms with van der Waals surface area (Å²) in [5.74, 6) is 0.313. The van der Waals surface area contributed by atoms with E-state index in [0.717, 1.165) is 46.8 Å². The predicted molar refractivity (Wildman–Crippen MR) is 183 cm³/mol. The van der Waals surface area contributed by atoms with E-state index in [2.05, 4.69) is 15.6 Å². The van der Waals surface area contributed by atoms with Gasteiger partial charge in [0.15, 0.2) is 0 Å². The molecule has 250 valence electrons. The number of anilines is 2. The van der Waals surface area contributed by atoms with Gasteiger partial charge in [-0.05, 0) is 31.0 Å². The predicted octanol–water partition coefficient (Wildman–Crippen LogP) is 6.63. The van der Waals surface area contributed by atoms with E-state index < -0.39 is 23.4 Å². The molecule has 1 aliphatic heterocycles. The molecule has 0 bridgehead atoms. The summed E-state index contributed by atoms with van der Waals surface area (Å²) in [5.41, 5.74) is 1.61. The lowest BCUT2D eigenvalue weighted by Gasteiger charge is -2.23. The van der Waals surface area contributed by atoms with Gasteiger partial charge >= 0.3 is 5.69 Å². The maximum absolute atomic E-state index is 13.9. The number of nitrogens with one attached hydrogen (secondary N) is 2. The van der Waals surface area contributed by atoms with Gasteiger partial charge in [0, 0.05) is 62.1 Å². The van der Waals surface area contributed by atoms with E-state index >= 15 is 0 Å². The Morgan fingerprint density at radius 2 is 1.65 bits per heavy atom. The number of ether oxygens (including phenoxy) is 2. The van der Waals surface area contributed by atoms with Crippen molar-refractivity contribution in [1.82, 2.24) is 24.4 Å². The zero-order valence-electron chi connectivity index (χ0n) is 26.3. The minimum Gasteiger partial charge on any atom is -0.481 e. The Balaban J connectivity index is 1.36. The quantitative estimate of drug-likeness (QED) is 0.177. The lowest BCUT2D eigenvalue weighted by Crippen LogP contribution is -2.37. The number of aryl methyl sites for hydroxylation is 1. The van der Waals surface area contributed by atoms with E-state index in [4.69, 9.17) is 37.7 Å². The van der Waals surface area contributed by atoms with Crippen molar-refractivity contribution in [3.05, 3.63) is 96.7 Å². The number of benzene rings is 2. The average molecular weight is 698 g/mol. The van der Waals surface area contributed by atoms with Gasteiger partial charge in [-0.3, -0.25) is 13.9 Å². The first-order chi connectivity index (χ1) is 23.1. The van der Waals surface area contributed by atoms with Crippen molar-refractivity contribution >= 4 is 45.6 Å². The molecule has 1 saturated heterocycles. The largest absolute Gasteiger partial charge is 0.481 e. The summed E-state index contributed by atoms with van der Waals surface area (Å²) >= 11 is 13.9. The van der Waals surface area contributed by atoms with Gasteiger partial charge in [-0.25, -0.2) is 23.5 Å². The molecule has 3 aromatic heterocycles. The van der Waals surface area contributed by atoms with Gasteiger partial charge in [-0.1, -0.05) is 59.6 Å². The Labute approximate surface area is 284 Å². The summed E-state index contributed by atoms with van der Waals surface area (Å²) in [6.07, 6.45) is -1.06. The maximum Gasteiger partial charge on any atom is 0.330 e. The Bertz CT molecular complexity index is 2130. The Hall–Kier alpha value is -4.36. The first-order valence-electron chi connectivity index (χ1n) is 15.2. The number of hydrogen-bond donors (Lipinski definition) is 2. The third-order valence-electron chi connectivity index (χ3n) is 8.45. The Kier molecular flexibility index (Phi) is 9.79. The number of nitrogens with zero attached hydrogens (tertiary/aromatic N) is 4. The molecule has 10 nitrogen and oxygen atoms in total. The number of methoxy groups -OCH3 is 1. The minimum atomic E-state index is -2.96. The number of pyridine rings is 2. The van der Waals surface area contributed by atoms with Crippen molar-refractivity contribution in [2.75, 3.05) is 25.6 Å². The van der Waals surface area contributed by atoms with Gasteiger partial charge in [-0.2, -0.15) is 0 Å². The van der Waals surface area contributed by atoms with E-state index in [9.17, 15) is 18.4 Å². The van der Waals surface area contributed by atoms with E-state index in [1.54, 1.807) is 31.4 Å². The molecule has 0 aliphatic carbocycles. The highest BCUT2D eigenvalue weighted by Crippen LogP contribution is 2.42. The molecule has 0 radical (unpaired) electrons. The van der Waals surface area contributed by atoms with E-state index in [-0.39, 0.29) is 27.4 Å². The van der Waals surface area contributed by atoms with Crippen LogP contribution in [0.25, 0.3) is 33.3 Å². The van der Waals surface area contributed by atoms with Gasteiger partial charge in [0.1, 0.15) is 16.9 Å². The molecule has 5 aromatic rings. The van der Waals surface area contributed by atoms with Crippen LogP contribution in [0.5, 0.6) is 5.88 Å². The summed E-state index contributed by atoms with van der Waals surface area (Å²) in [6.45, 7) is 2.08. The summed E-state index contributed by atoms with van der Waals surface area (Å²) in [7, 11) is 4.28. The van der Waals surface area contributed by atoms with Crippen LogP contribution in [-0.4, -0.2) is 45.5 Å². The number of fused-ring (bicyclic) bond motifs is 1. The molecular formula is C34H32Cl2F2N6O4. The van der Waals surface area contributed by atoms with Crippen molar-refractivity contribution in [1.29, 1.82) is 0 Å². The number of halogens is 4. The first kappa shape index (κ1) is 33.5. The van der Waals surface area contributed by atoms with Crippen LogP contribution in [-0.2, 0) is 25.4 Å². The number of rotatable bonds is 9. The van der Waals surface area contributed by atoms with E-state index in [1.165, 1.54) is 14.1 Å². The molecule has 6 rings (SSSR count). The molecule has 0 saturated carbocycles. The molecule has 14 heteroatoms. The monoisotopic (exact) mass is 696 g/mol. The molecule has 1 fully saturated rings. The molecule has 4 heterocycles. The molecule has 0 unspecified atom stereocenters. The normalized spacial score (nSPS) is 13.8. The molecule has 2 N–H and O–H groups in total. The van der Waals surface area contributed by atoms with Crippen LogP contribution in [0.2, 0.25) is 10.0 Å². The number of alkyl halides is 2. The summed E-state index contributed by atoms with van der Waals surface area (Å²) in [4.78, 5) is 34.5. The fourth-order valence-electron chi connectivity index (χ4n) is 5.80. The summed E-state index contributed by atoms with van der Waals surface area (Å²) in [6, 6.07) is 15.8. The average Bonchev–Trinajstić information content (AvgIpc) is 3.10. The molecule has 48 heavy (non-hydrogen) atoms. The Morgan fingerprint density at radius 1 is 0.958 bits per heavy atom. The van der Waals surface area contributed by atoms with Crippen molar-refractivity contribution in [2.24, 2.45) is 14.1 Å². The van der Waals surface area contributed by atoms with Crippen molar-refractivity contribution in [3.8, 4) is 28.3 Å². The van der Waals surface area contributed by atoms with Crippen molar-refractivity contribution in [2.45, 2.75) is 31.9 Å².